The molecule has 0 aromatic heterocycles. The number of nitrogens with zero attached hydrogens (tertiary/aromatic N) is 2. The van der Waals surface area contributed by atoms with E-state index in [4.69, 9.17) is 28.4 Å². The lowest BCUT2D eigenvalue weighted by Gasteiger charge is -2.47. The minimum atomic E-state index is -2.84. The minimum Gasteiger partial charge on any atom is -0.477 e. The van der Waals surface area contributed by atoms with Crippen LogP contribution < -0.4 is 21.3 Å². The molecule has 0 saturated carbocycles. The summed E-state index contributed by atoms with van der Waals surface area (Å²) in [6.45, 7) is 14.3. The van der Waals surface area contributed by atoms with E-state index in [9.17, 15) is 69.6 Å². The molecule has 3 fully saturated rings. The lowest BCUT2D eigenvalue weighted by atomic mass is 9.88. The van der Waals surface area contributed by atoms with Crippen molar-refractivity contribution in [2.45, 2.75) is 210 Å². The first kappa shape index (κ1) is 70.0. The molecule has 0 aliphatic carbocycles. The molecule has 82 heavy (non-hydrogen) atoms. The lowest BCUT2D eigenvalue weighted by Crippen LogP contribution is -2.68. The number of nitrogens with one attached hydrogen (secondary N) is 4. The number of aliphatic hydroxyl groups excluding tert-OH is 7. The third-order valence-electron chi connectivity index (χ3n) is 16.3. The molecule has 1 aromatic carbocycles. The van der Waals surface area contributed by atoms with Crippen LogP contribution in [0.2, 0.25) is 0 Å². The summed E-state index contributed by atoms with van der Waals surface area (Å²) < 4.78 is 35.8. The lowest BCUT2D eigenvalue weighted by molar-refractivity contribution is -0.343. The average molecular weight is 1170 g/mol. The second-order valence-corrected chi connectivity index (χ2v) is 22.8. The van der Waals surface area contributed by atoms with Crippen LogP contribution in [0.15, 0.2) is 30.3 Å². The molecule has 3 heterocycles. The number of aliphatic hydroxyl groups is 7. The predicted molar refractivity (Wildman–Crippen MR) is 294 cm³/mol. The number of carboxylic acids is 1. The number of hydrogen-bond donors (Lipinski definition) is 12. The molecule has 468 valence electrons. The third kappa shape index (κ3) is 16.9. The fourth-order valence-electron chi connectivity index (χ4n) is 11.4. The van der Waals surface area contributed by atoms with Gasteiger partial charge in [-0.1, -0.05) is 85.2 Å². The zero-order valence-electron chi connectivity index (χ0n) is 49.6. The molecule has 3 saturated heterocycles. The SMILES string of the molecule is CCC(C)C(C(CC(=O)N1CCCC1C(OC)C(C)C(=O)NC(C)C(OC1OC(COC2(C(=O)O)CC(O)C(NC(C)=O)C(C(O)C(O)CO)O2)C(O)C(O)C1O)c1ccccc1)OC)N(C)C(=O)C(NC(=O)C(NC)C(C)C)C(C)C. The molecular formula is C56H94N6O20. The fraction of sp³-hybridized carbons (Fsp3) is 0.786. The number of methoxy groups -OCH3 is 2. The maximum Gasteiger partial charge on any atom is 0.364 e. The topological polar surface area (TPSA) is 374 Å². The Kier molecular flexibility index (Phi) is 26.9. The number of carbonyl (C=O) groups is 6. The summed E-state index contributed by atoms with van der Waals surface area (Å²) in [4.78, 5) is 84.9. The van der Waals surface area contributed by atoms with Gasteiger partial charge in [-0.2, -0.15) is 0 Å². The molecule has 21 unspecified atom stereocenters. The van der Waals surface area contributed by atoms with Crippen molar-refractivity contribution in [2.24, 2.45) is 23.7 Å². The second-order valence-electron chi connectivity index (χ2n) is 22.8. The summed E-state index contributed by atoms with van der Waals surface area (Å²) in [7, 11) is 6.30. The molecule has 0 bridgehead atoms. The number of carboxylic acid groups (broad SMARTS) is 1. The Bertz CT molecular complexity index is 2220. The molecule has 0 radical (unpaired) electrons. The van der Waals surface area contributed by atoms with Crippen LogP contribution in [0.3, 0.4) is 0 Å². The zero-order chi connectivity index (χ0) is 61.7. The quantitative estimate of drug-likeness (QED) is 0.0418. The van der Waals surface area contributed by atoms with Crippen LogP contribution in [0.25, 0.3) is 0 Å². The molecular weight excluding hydrogens is 1080 g/mol. The molecule has 26 nitrogen and oxygen atoms in total. The molecule has 0 spiro atoms. The van der Waals surface area contributed by atoms with E-state index in [0.29, 0.717) is 31.4 Å². The summed E-state index contributed by atoms with van der Waals surface area (Å²) in [5.74, 6) is -8.11. The third-order valence-corrected chi connectivity index (χ3v) is 16.3. The Morgan fingerprint density at radius 2 is 1.51 bits per heavy atom. The number of aliphatic carboxylic acids is 1. The number of benzene rings is 1. The van der Waals surface area contributed by atoms with Crippen LogP contribution in [0.4, 0.5) is 0 Å². The number of amides is 5. The molecule has 1 aromatic rings. The number of likely N-dealkylation sites (tertiary alicyclic amines) is 1. The molecule has 4 rings (SSSR count). The highest BCUT2D eigenvalue weighted by Crippen LogP contribution is 2.37. The Morgan fingerprint density at radius 1 is 0.878 bits per heavy atom. The molecule has 5 amide bonds. The van der Waals surface area contributed by atoms with Gasteiger partial charge in [0.15, 0.2) is 6.29 Å². The van der Waals surface area contributed by atoms with Crippen LogP contribution in [-0.4, -0.2) is 244 Å². The van der Waals surface area contributed by atoms with Crippen LogP contribution in [-0.2, 0) is 57.2 Å². The van der Waals surface area contributed by atoms with E-state index in [2.05, 4.69) is 21.3 Å². The van der Waals surface area contributed by atoms with Gasteiger partial charge in [-0.15, -0.1) is 0 Å². The average Bonchev–Trinajstić information content (AvgIpc) is 4.04. The Morgan fingerprint density at radius 3 is 2.05 bits per heavy atom. The van der Waals surface area contributed by atoms with E-state index in [1.54, 1.807) is 68.1 Å². The monoisotopic (exact) mass is 1170 g/mol. The smallest absolute Gasteiger partial charge is 0.364 e. The highest BCUT2D eigenvalue weighted by Gasteiger charge is 2.57. The minimum absolute atomic E-state index is 0.0361. The number of hydrogen-bond acceptors (Lipinski definition) is 20. The summed E-state index contributed by atoms with van der Waals surface area (Å²) in [5, 5.41) is 97.0. The first-order valence-corrected chi connectivity index (χ1v) is 28.3. The van der Waals surface area contributed by atoms with Crippen LogP contribution in [0.1, 0.15) is 106 Å². The van der Waals surface area contributed by atoms with Gasteiger partial charge in [-0.3, -0.25) is 24.0 Å². The van der Waals surface area contributed by atoms with Gasteiger partial charge in [0.2, 0.25) is 29.5 Å². The van der Waals surface area contributed by atoms with Gasteiger partial charge in [0.25, 0.3) is 5.79 Å². The van der Waals surface area contributed by atoms with Crippen molar-refractivity contribution in [3.63, 3.8) is 0 Å². The Balaban J connectivity index is 1.53. The van der Waals surface area contributed by atoms with Crippen molar-refractivity contribution in [3.8, 4) is 0 Å². The standard InChI is InChI=1S/C56H94N6O20/c1-14-29(6)43(61(11)53(74)41(28(4)5)60-52(73)40(57-10)27(2)3)37(77-12)23-39(67)62-22-18-21-34(62)48(78-13)30(7)51(72)58-31(8)49(33-19-16-15-17-20-33)81-54-47(71)46(70)45(69)38(80-54)26-79-56(55(75)76)24-35(65)42(59-32(9)64)50(82-56)44(68)36(66)25-63/h15-17,19-20,27-31,34-38,40-50,54,57,63,65-66,68-71H,14,18,21-26H2,1-13H3,(H,58,72)(H,59,64)(H,60,73)(H,75,76). The predicted octanol–water partition coefficient (Wildman–Crippen LogP) is -1.47. The number of carbonyl (C=O) groups excluding carboxylic acids is 5. The number of likely N-dealkylation sites (N-methyl/N-ethyl adjacent to an activating group) is 2. The number of ether oxygens (including phenoxy) is 6. The summed E-state index contributed by atoms with van der Waals surface area (Å²) >= 11 is 0. The summed E-state index contributed by atoms with van der Waals surface area (Å²) in [6.07, 6.45) is -19.0. The maximum absolute atomic E-state index is 14.6. The van der Waals surface area contributed by atoms with Gasteiger partial charge in [-0.05, 0) is 50.1 Å². The van der Waals surface area contributed by atoms with Gasteiger partial charge in [-0.25, -0.2) is 4.79 Å². The Labute approximate surface area is 480 Å². The summed E-state index contributed by atoms with van der Waals surface area (Å²) in [6, 6.07) is 3.53. The molecule has 21 atom stereocenters. The van der Waals surface area contributed by atoms with Crippen LogP contribution >= 0.6 is 0 Å². The first-order chi connectivity index (χ1) is 38.6. The van der Waals surface area contributed by atoms with Crippen molar-refractivity contribution >= 4 is 35.5 Å². The van der Waals surface area contributed by atoms with E-state index in [0.717, 1.165) is 6.92 Å². The van der Waals surface area contributed by atoms with Gasteiger partial charge >= 0.3 is 5.97 Å². The van der Waals surface area contributed by atoms with Gasteiger partial charge in [0.05, 0.1) is 74.1 Å². The van der Waals surface area contributed by atoms with Crippen molar-refractivity contribution in [1.82, 2.24) is 31.1 Å². The molecule has 3 aliphatic heterocycles. The molecule has 26 heteroatoms. The largest absolute Gasteiger partial charge is 0.477 e. The second kappa shape index (κ2) is 31.6. The van der Waals surface area contributed by atoms with Crippen LogP contribution in [0.5, 0.6) is 0 Å². The summed E-state index contributed by atoms with van der Waals surface area (Å²) in [5.41, 5.74) is 0.467. The highest BCUT2D eigenvalue weighted by atomic mass is 16.7. The van der Waals surface area contributed by atoms with Gasteiger partial charge in [0, 0.05) is 41.2 Å². The van der Waals surface area contributed by atoms with Crippen molar-refractivity contribution in [1.29, 1.82) is 0 Å². The van der Waals surface area contributed by atoms with E-state index < -0.39 is 159 Å². The maximum atomic E-state index is 14.6. The van der Waals surface area contributed by atoms with Crippen molar-refractivity contribution in [3.05, 3.63) is 35.9 Å². The van der Waals surface area contributed by atoms with Gasteiger partial charge in [0.1, 0.15) is 54.9 Å². The number of rotatable bonds is 30. The van der Waals surface area contributed by atoms with Gasteiger partial charge < -0.3 is 100 Å². The normalized spacial score (nSPS) is 29.0. The van der Waals surface area contributed by atoms with Crippen molar-refractivity contribution in [2.75, 3.05) is 48.1 Å². The molecule has 3 aliphatic rings. The Hall–Kier alpha value is -4.52. The van der Waals surface area contributed by atoms with Crippen LogP contribution in [0, 0.1) is 23.7 Å². The van der Waals surface area contributed by atoms with E-state index in [1.807, 2.05) is 41.5 Å². The first-order valence-electron chi connectivity index (χ1n) is 28.3. The van der Waals surface area contributed by atoms with E-state index >= 15 is 0 Å². The zero-order valence-corrected chi connectivity index (χ0v) is 49.6. The van der Waals surface area contributed by atoms with Crippen molar-refractivity contribution < 1.29 is 98.0 Å². The molecule has 12 N–H and O–H groups in total. The highest BCUT2D eigenvalue weighted by molar-refractivity contribution is 5.90. The van der Waals surface area contributed by atoms with E-state index in [1.165, 1.54) is 14.2 Å². The fourth-order valence-corrected chi connectivity index (χ4v) is 11.4. The van der Waals surface area contributed by atoms with E-state index in [-0.39, 0.29) is 41.9 Å².